The average molecular weight is 354 g/mol. The fourth-order valence-corrected chi connectivity index (χ4v) is 2.80. The number of anilines is 3. The minimum atomic E-state index is -0.0367. The van der Waals surface area contributed by atoms with E-state index in [9.17, 15) is 9.59 Å². The van der Waals surface area contributed by atoms with Gasteiger partial charge in [0.05, 0.1) is 11.9 Å². The van der Waals surface area contributed by atoms with Crippen LogP contribution in [0.2, 0.25) is 0 Å². The number of nitrogens with one attached hydrogen (secondary N) is 3. The van der Waals surface area contributed by atoms with Crippen molar-refractivity contribution in [2.45, 2.75) is 25.7 Å². The van der Waals surface area contributed by atoms with Gasteiger partial charge in [0, 0.05) is 38.0 Å². The van der Waals surface area contributed by atoms with Gasteiger partial charge in [-0.25, -0.2) is 0 Å². The van der Waals surface area contributed by atoms with Crippen molar-refractivity contribution in [3.8, 4) is 0 Å². The van der Waals surface area contributed by atoms with Crippen LogP contribution in [0.4, 0.5) is 17.3 Å². The Morgan fingerprint density at radius 2 is 1.85 bits per heavy atom. The van der Waals surface area contributed by atoms with Gasteiger partial charge in [0.25, 0.3) is 0 Å². The lowest BCUT2D eigenvalue weighted by molar-refractivity contribution is -0.128. The van der Waals surface area contributed by atoms with Crippen molar-refractivity contribution in [2.24, 2.45) is 5.92 Å². The number of pyridine rings is 1. The highest BCUT2D eigenvalue weighted by molar-refractivity contribution is 5.84. The van der Waals surface area contributed by atoms with Gasteiger partial charge < -0.3 is 16.0 Å². The molecule has 3 rings (SSSR count). The van der Waals surface area contributed by atoms with Gasteiger partial charge in [0.1, 0.15) is 11.6 Å². The van der Waals surface area contributed by atoms with Gasteiger partial charge in [-0.3, -0.25) is 14.6 Å². The molecule has 8 nitrogen and oxygen atoms in total. The standard InChI is InChI=1S/C18H22N6O2/c25-15-5-3-13(4-6-15)18(26)21-11-10-20-16-7-8-17(24-23-16)22-14-2-1-9-19-12-14/h1-2,7-9,12-13H,3-6,10-11H2,(H,20,23)(H,21,26)(H,22,24). The average Bonchev–Trinajstić information content (AvgIpc) is 2.68. The first-order valence-electron chi connectivity index (χ1n) is 8.75. The predicted octanol–water partition coefficient (Wildman–Crippen LogP) is 1.90. The Kier molecular flexibility index (Phi) is 6.08. The number of Topliss-reactive ketones (excluding diaryl/α,β-unsaturated/α-hetero) is 1. The SMILES string of the molecule is O=C1CCC(C(=O)NCCNc2ccc(Nc3cccnc3)nn2)CC1. The van der Waals surface area contributed by atoms with E-state index in [2.05, 4.69) is 31.1 Å². The van der Waals surface area contributed by atoms with Crippen LogP contribution in [0.15, 0.2) is 36.7 Å². The Hall–Kier alpha value is -3.03. The number of rotatable bonds is 7. The van der Waals surface area contributed by atoms with E-state index in [0.717, 1.165) is 5.69 Å². The van der Waals surface area contributed by atoms with Crippen molar-refractivity contribution in [3.63, 3.8) is 0 Å². The third-order valence-corrected chi connectivity index (χ3v) is 4.24. The molecule has 0 radical (unpaired) electrons. The predicted molar refractivity (Wildman–Crippen MR) is 98.0 cm³/mol. The van der Waals surface area contributed by atoms with Gasteiger partial charge in [0.2, 0.25) is 5.91 Å². The van der Waals surface area contributed by atoms with E-state index in [1.54, 1.807) is 12.4 Å². The minimum absolute atomic E-state index is 0.0291. The second kappa shape index (κ2) is 8.89. The molecule has 136 valence electrons. The van der Waals surface area contributed by atoms with Crippen molar-refractivity contribution >= 4 is 29.0 Å². The lowest BCUT2D eigenvalue weighted by Gasteiger charge is -2.20. The van der Waals surface area contributed by atoms with E-state index >= 15 is 0 Å². The number of amides is 1. The Balaban J connectivity index is 1.37. The minimum Gasteiger partial charge on any atom is -0.367 e. The summed E-state index contributed by atoms with van der Waals surface area (Å²) in [6.45, 7) is 1.06. The molecule has 1 aliphatic carbocycles. The molecule has 3 N–H and O–H groups in total. The molecule has 0 bridgehead atoms. The maximum absolute atomic E-state index is 12.0. The molecule has 0 unspecified atom stereocenters. The highest BCUT2D eigenvalue weighted by atomic mass is 16.2. The van der Waals surface area contributed by atoms with E-state index in [0.29, 0.717) is 50.4 Å². The Bertz CT molecular complexity index is 725. The summed E-state index contributed by atoms with van der Waals surface area (Å²) in [5.41, 5.74) is 0.842. The lowest BCUT2D eigenvalue weighted by atomic mass is 9.88. The maximum atomic E-state index is 12.0. The third kappa shape index (κ3) is 5.23. The number of aromatic nitrogens is 3. The lowest BCUT2D eigenvalue weighted by Crippen LogP contribution is -2.36. The van der Waals surface area contributed by atoms with E-state index in [4.69, 9.17) is 0 Å². The zero-order chi connectivity index (χ0) is 18.2. The highest BCUT2D eigenvalue weighted by Gasteiger charge is 2.24. The summed E-state index contributed by atoms with van der Waals surface area (Å²) < 4.78 is 0. The molecule has 0 aromatic carbocycles. The van der Waals surface area contributed by atoms with Gasteiger partial charge in [-0.05, 0) is 37.1 Å². The second-order valence-corrected chi connectivity index (χ2v) is 6.20. The summed E-state index contributed by atoms with van der Waals surface area (Å²) in [6.07, 6.45) is 5.77. The van der Waals surface area contributed by atoms with Crippen molar-refractivity contribution in [3.05, 3.63) is 36.7 Å². The van der Waals surface area contributed by atoms with Crippen molar-refractivity contribution in [1.82, 2.24) is 20.5 Å². The smallest absolute Gasteiger partial charge is 0.223 e. The van der Waals surface area contributed by atoms with Crippen LogP contribution in [0.5, 0.6) is 0 Å². The molecule has 0 saturated heterocycles. The molecule has 1 fully saturated rings. The molecule has 26 heavy (non-hydrogen) atoms. The molecule has 1 aliphatic rings. The molecule has 2 heterocycles. The number of carbonyl (C=O) groups excluding carboxylic acids is 2. The summed E-state index contributed by atoms with van der Waals surface area (Å²) >= 11 is 0. The first kappa shape index (κ1) is 17.8. The summed E-state index contributed by atoms with van der Waals surface area (Å²) in [6, 6.07) is 7.37. The van der Waals surface area contributed by atoms with E-state index in [1.165, 1.54) is 0 Å². The fraction of sp³-hybridized carbons (Fsp3) is 0.389. The molecular formula is C18H22N6O2. The topological polar surface area (TPSA) is 109 Å². The van der Waals surface area contributed by atoms with E-state index in [-0.39, 0.29) is 17.6 Å². The van der Waals surface area contributed by atoms with Crippen LogP contribution in [0.1, 0.15) is 25.7 Å². The van der Waals surface area contributed by atoms with Crippen LogP contribution in [0.25, 0.3) is 0 Å². The van der Waals surface area contributed by atoms with Crippen LogP contribution >= 0.6 is 0 Å². The van der Waals surface area contributed by atoms with E-state index < -0.39 is 0 Å². The Labute approximate surface area is 151 Å². The van der Waals surface area contributed by atoms with Gasteiger partial charge in [-0.2, -0.15) is 0 Å². The Morgan fingerprint density at radius 1 is 1.08 bits per heavy atom. The number of carbonyl (C=O) groups is 2. The zero-order valence-corrected chi connectivity index (χ0v) is 14.4. The first-order valence-corrected chi connectivity index (χ1v) is 8.75. The molecule has 8 heteroatoms. The summed E-state index contributed by atoms with van der Waals surface area (Å²) in [7, 11) is 0. The first-order chi connectivity index (χ1) is 12.7. The highest BCUT2D eigenvalue weighted by Crippen LogP contribution is 2.21. The van der Waals surface area contributed by atoms with Crippen LogP contribution < -0.4 is 16.0 Å². The molecule has 0 atom stereocenters. The third-order valence-electron chi connectivity index (χ3n) is 4.24. The molecule has 1 saturated carbocycles. The number of hydrogen-bond donors (Lipinski definition) is 3. The maximum Gasteiger partial charge on any atom is 0.223 e. The molecule has 2 aromatic heterocycles. The van der Waals surface area contributed by atoms with Gasteiger partial charge in [-0.1, -0.05) is 0 Å². The Morgan fingerprint density at radius 3 is 2.54 bits per heavy atom. The molecule has 0 spiro atoms. The molecule has 2 aromatic rings. The zero-order valence-electron chi connectivity index (χ0n) is 14.4. The van der Waals surface area contributed by atoms with E-state index in [1.807, 2.05) is 24.3 Å². The molecule has 1 amide bonds. The largest absolute Gasteiger partial charge is 0.367 e. The van der Waals surface area contributed by atoms with Crippen LogP contribution in [-0.2, 0) is 9.59 Å². The number of hydrogen-bond acceptors (Lipinski definition) is 7. The summed E-state index contributed by atoms with van der Waals surface area (Å²) in [5, 5.41) is 17.3. The van der Waals surface area contributed by atoms with Gasteiger partial charge in [0.15, 0.2) is 5.82 Å². The summed E-state index contributed by atoms with van der Waals surface area (Å²) in [4.78, 5) is 27.3. The van der Waals surface area contributed by atoms with Crippen LogP contribution in [0.3, 0.4) is 0 Å². The quantitative estimate of drug-likeness (QED) is 0.652. The number of nitrogens with zero attached hydrogens (tertiary/aromatic N) is 3. The summed E-state index contributed by atoms with van der Waals surface area (Å²) in [5.74, 6) is 1.52. The van der Waals surface area contributed by atoms with Crippen LogP contribution in [-0.4, -0.2) is 40.0 Å². The van der Waals surface area contributed by atoms with Crippen molar-refractivity contribution < 1.29 is 9.59 Å². The van der Waals surface area contributed by atoms with Crippen molar-refractivity contribution in [1.29, 1.82) is 0 Å². The normalized spacial score (nSPS) is 14.7. The number of ketones is 1. The van der Waals surface area contributed by atoms with Crippen molar-refractivity contribution in [2.75, 3.05) is 23.7 Å². The van der Waals surface area contributed by atoms with Gasteiger partial charge >= 0.3 is 0 Å². The molecule has 0 aliphatic heterocycles. The van der Waals surface area contributed by atoms with Crippen LogP contribution in [0, 0.1) is 5.92 Å². The monoisotopic (exact) mass is 354 g/mol. The fourth-order valence-electron chi connectivity index (χ4n) is 2.80. The molecular weight excluding hydrogens is 332 g/mol. The van der Waals surface area contributed by atoms with Gasteiger partial charge in [-0.15, -0.1) is 10.2 Å². The second-order valence-electron chi connectivity index (χ2n) is 6.20.